The smallest absolute Gasteiger partial charge is 0.335 e. The molecule has 25 heavy (non-hydrogen) atoms. The molecule has 0 radical (unpaired) electrons. The number of benzene rings is 1. The summed E-state index contributed by atoms with van der Waals surface area (Å²) in [6.07, 6.45) is 5.02. The topological polar surface area (TPSA) is 66.3 Å². The van der Waals surface area contributed by atoms with Crippen molar-refractivity contribution in [2.24, 2.45) is 5.92 Å². The Morgan fingerprint density at radius 3 is 2.48 bits per heavy atom. The summed E-state index contributed by atoms with van der Waals surface area (Å²) in [5.74, 6) is -0.241. The van der Waals surface area contributed by atoms with Crippen LogP contribution in [0.4, 0.5) is 0 Å². The van der Waals surface area contributed by atoms with Crippen LogP contribution in [-0.4, -0.2) is 45.1 Å². The molecule has 1 fully saturated rings. The molecule has 1 N–H and O–H groups in total. The maximum atomic E-state index is 11.0. The number of likely N-dealkylation sites (tertiary alicyclic amines) is 1. The van der Waals surface area contributed by atoms with Crippen molar-refractivity contribution in [3.05, 3.63) is 47.9 Å². The van der Waals surface area contributed by atoms with Crippen molar-refractivity contribution in [2.75, 3.05) is 13.1 Å². The Kier molecular flexibility index (Phi) is 5.43. The molecule has 0 unspecified atom stereocenters. The fraction of sp³-hybridized carbons (Fsp3) is 0.450. The number of carbonyl (C=O) groups is 1. The normalized spacial score (nSPS) is 16.3. The SMILES string of the molecule is CC(C)N1CCC(Cc2cc(-c3ccc(C(=O)O)cc3)ncn2)CC1. The van der Waals surface area contributed by atoms with E-state index < -0.39 is 5.97 Å². The van der Waals surface area contributed by atoms with Gasteiger partial charge in [-0.1, -0.05) is 12.1 Å². The van der Waals surface area contributed by atoms with Crippen LogP contribution in [0.2, 0.25) is 0 Å². The predicted molar refractivity (Wildman–Crippen MR) is 97.6 cm³/mol. The van der Waals surface area contributed by atoms with Gasteiger partial charge in [-0.05, 0) is 70.3 Å². The van der Waals surface area contributed by atoms with Crippen LogP contribution < -0.4 is 0 Å². The van der Waals surface area contributed by atoms with E-state index in [9.17, 15) is 4.79 Å². The first-order chi connectivity index (χ1) is 12.0. The van der Waals surface area contributed by atoms with Crippen LogP contribution in [0, 0.1) is 5.92 Å². The second-order valence-corrected chi connectivity index (χ2v) is 7.05. The summed E-state index contributed by atoms with van der Waals surface area (Å²) >= 11 is 0. The van der Waals surface area contributed by atoms with Crippen LogP contribution in [0.3, 0.4) is 0 Å². The van der Waals surface area contributed by atoms with E-state index in [0.717, 1.165) is 36.5 Å². The van der Waals surface area contributed by atoms with Crippen molar-refractivity contribution in [2.45, 2.75) is 39.2 Å². The monoisotopic (exact) mass is 339 g/mol. The number of aromatic carboxylic acids is 1. The molecule has 1 saturated heterocycles. The van der Waals surface area contributed by atoms with Gasteiger partial charge in [0.2, 0.25) is 0 Å². The number of carboxylic acid groups (broad SMARTS) is 1. The molecule has 2 heterocycles. The second-order valence-electron chi connectivity index (χ2n) is 7.05. The van der Waals surface area contributed by atoms with Crippen molar-refractivity contribution < 1.29 is 9.90 Å². The third-order valence-corrected chi connectivity index (χ3v) is 5.03. The van der Waals surface area contributed by atoms with E-state index in [1.165, 1.54) is 12.8 Å². The molecular weight excluding hydrogens is 314 g/mol. The minimum absolute atomic E-state index is 0.287. The van der Waals surface area contributed by atoms with Gasteiger partial charge in [-0.25, -0.2) is 14.8 Å². The third kappa shape index (κ3) is 4.42. The molecule has 132 valence electrons. The van der Waals surface area contributed by atoms with Gasteiger partial charge in [0.25, 0.3) is 0 Å². The molecule has 1 aliphatic heterocycles. The van der Waals surface area contributed by atoms with Crippen LogP contribution in [0.25, 0.3) is 11.3 Å². The predicted octanol–water partition coefficient (Wildman–Crippen LogP) is 3.50. The number of carboxylic acids is 1. The summed E-state index contributed by atoms with van der Waals surface area (Å²) in [6.45, 7) is 6.84. The Morgan fingerprint density at radius 1 is 1.20 bits per heavy atom. The van der Waals surface area contributed by atoms with Gasteiger partial charge in [0.05, 0.1) is 11.3 Å². The van der Waals surface area contributed by atoms with Gasteiger partial charge in [0, 0.05) is 17.3 Å². The largest absolute Gasteiger partial charge is 0.478 e. The van der Waals surface area contributed by atoms with Crippen LogP contribution in [0.5, 0.6) is 0 Å². The fourth-order valence-corrected chi connectivity index (χ4v) is 3.42. The van der Waals surface area contributed by atoms with Crippen molar-refractivity contribution in [1.29, 1.82) is 0 Å². The van der Waals surface area contributed by atoms with E-state index in [1.54, 1.807) is 30.6 Å². The molecule has 0 bridgehead atoms. The Bertz CT molecular complexity index is 720. The maximum Gasteiger partial charge on any atom is 0.335 e. The van der Waals surface area contributed by atoms with Gasteiger partial charge in [-0.3, -0.25) is 0 Å². The van der Waals surface area contributed by atoms with Crippen molar-refractivity contribution in [3.63, 3.8) is 0 Å². The highest BCUT2D eigenvalue weighted by Gasteiger charge is 2.21. The molecule has 3 rings (SSSR count). The van der Waals surface area contributed by atoms with Crippen molar-refractivity contribution in [3.8, 4) is 11.3 Å². The maximum absolute atomic E-state index is 11.0. The first kappa shape index (κ1) is 17.5. The molecule has 0 atom stereocenters. The van der Waals surface area contributed by atoms with Crippen molar-refractivity contribution in [1.82, 2.24) is 14.9 Å². The quantitative estimate of drug-likeness (QED) is 0.903. The molecule has 0 amide bonds. The molecule has 1 aromatic carbocycles. The van der Waals surface area contributed by atoms with Gasteiger partial charge in [-0.2, -0.15) is 0 Å². The zero-order valence-corrected chi connectivity index (χ0v) is 14.9. The number of hydrogen-bond donors (Lipinski definition) is 1. The average molecular weight is 339 g/mol. The highest BCUT2D eigenvalue weighted by molar-refractivity contribution is 5.88. The Morgan fingerprint density at radius 2 is 1.88 bits per heavy atom. The first-order valence-corrected chi connectivity index (χ1v) is 8.91. The standard InChI is InChI=1S/C20H25N3O2/c1-14(2)23-9-7-15(8-10-23)11-18-12-19(22-13-21-18)16-3-5-17(6-4-16)20(24)25/h3-6,12-15H,7-11H2,1-2H3,(H,24,25). The average Bonchev–Trinajstić information content (AvgIpc) is 2.62. The fourth-order valence-electron chi connectivity index (χ4n) is 3.42. The first-order valence-electron chi connectivity index (χ1n) is 8.91. The molecule has 1 aromatic heterocycles. The third-order valence-electron chi connectivity index (χ3n) is 5.03. The van der Waals surface area contributed by atoms with Crippen LogP contribution in [-0.2, 0) is 6.42 Å². The van der Waals surface area contributed by atoms with Gasteiger partial charge in [0.15, 0.2) is 0 Å². The van der Waals surface area contributed by atoms with Gasteiger partial charge in [0.1, 0.15) is 6.33 Å². The Labute approximate surface area is 148 Å². The molecule has 0 saturated carbocycles. The van der Waals surface area contributed by atoms with Gasteiger partial charge in [-0.15, -0.1) is 0 Å². The zero-order chi connectivity index (χ0) is 17.8. The molecule has 5 heteroatoms. The van der Waals surface area contributed by atoms with Crippen LogP contribution in [0.1, 0.15) is 42.7 Å². The number of rotatable bonds is 5. The molecule has 1 aliphatic rings. The lowest BCUT2D eigenvalue weighted by molar-refractivity contribution is 0.0697. The second kappa shape index (κ2) is 7.74. The molecule has 5 nitrogen and oxygen atoms in total. The van der Waals surface area contributed by atoms with Crippen LogP contribution in [0.15, 0.2) is 36.7 Å². The van der Waals surface area contributed by atoms with Crippen LogP contribution >= 0.6 is 0 Å². The summed E-state index contributed by atoms with van der Waals surface area (Å²) < 4.78 is 0. The Balaban J connectivity index is 1.67. The lowest BCUT2D eigenvalue weighted by atomic mass is 9.91. The molecular formula is C20H25N3O2. The van der Waals surface area contributed by atoms with E-state index in [1.807, 2.05) is 6.07 Å². The lowest BCUT2D eigenvalue weighted by Gasteiger charge is -2.34. The lowest BCUT2D eigenvalue weighted by Crippen LogP contribution is -2.38. The number of aromatic nitrogens is 2. The van der Waals surface area contributed by atoms with E-state index in [2.05, 4.69) is 28.7 Å². The van der Waals surface area contributed by atoms with E-state index in [0.29, 0.717) is 12.0 Å². The summed E-state index contributed by atoms with van der Waals surface area (Å²) in [6, 6.07) is 9.49. The van der Waals surface area contributed by atoms with Gasteiger partial charge >= 0.3 is 5.97 Å². The van der Waals surface area contributed by atoms with Crippen molar-refractivity contribution >= 4 is 5.97 Å². The number of nitrogens with zero attached hydrogens (tertiary/aromatic N) is 3. The number of hydrogen-bond acceptors (Lipinski definition) is 4. The summed E-state index contributed by atoms with van der Waals surface area (Å²) in [7, 11) is 0. The van der Waals surface area contributed by atoms with E-state index in [4.69, 9.17) is 5.11 Å². The molecule has 2 aromatic rings. The number of piperidine rings is 1. The highest BCUT2D eigenvalue weighted by Crippen LogP contribution is 2.24. The Hall–Kier alpha value is -2.27. The summed E-state index contributed by atoms with van der Waals surface area (Å²) in [4.78, 5) is 22.3. The highest BCUT2D eigenvalue weighted by atomic mass is 16.4. The molecule has 0 aliphatic carbocycles. The minimum atomic E-state index is -0.914. The minimum Gasteiger partial charge on any atom is -0.478 e. The van der Waals surface area contributed by atoms with Gasteiger partial charge < -0.3 is 10.0 Å². The van der Waals surface area contributed by atoms with E-state index >= 15 is 0 Å². The van der Waals surface area contributed by atoms with E-state index in [-0.39, 0.29) is 5.56 Å². The molecule has 0 spiro atoms. The zero-order valence-electron chi connectivity index (χ0n) is 14.9. The summed E-state index contributed by atoms with van der Waals surface area (Å²) in [5, 5.41) is 9.00. The summed E-state index contributed by atoms with van der Waals surface area (Å²) in [5.41, 5.74) is 3.12.